The predicted octanol–water partition coefficient (Wildman–Crippen LogP) is -3.12. The lowest BCUT2D eigenvalue weighted by Gasteiger charge is -2.17. The maximum Gasteiger partial charge on any atom is 0.449 e. The molecular formula is C14H12ClN5O4. The van der Waals surface area contributed by atoms with Crippen LogP contribution in [0.25, 0.3) is 22.2 Å². The maximum absolute atomic E-state index is 8.49. The highest BCUT2D eigenvalue weighted by molar-refractivity contribution is 5.93. The van der Waals surface area contributed by atoms with Gasteiger partial charge >= 0.3 is 5.78 Å². The van der Waals surface area contributed by atoms with Crippen LogP contribution in [0.5, 0.6) is 0 Å². The molecule has 1 aromatic carbocycles. The number of halogens is 1. The van der Waals surface area contributed by atoms with Crippen molar-refractivity contribution < 1.29 is 33.4 Å². The Morgan fingerprint density at radius 1 is 1.08 bits per heavy atom. The van der Waals surface area contributed by atoms with Crippen LogP contribution in [0.3, 0.4) is 0 Å². The summed E-state index contributed by atoms with van der Waals surface area (Å²) in [5.74, 6) is 0.748. The minimum atomic E-state index is -4.94. The van der Waals surface area contributed by atoms with Crippen molar-refractivity contribution in [3.05, 3.63) is 47.9 Å². The van der Waals surface area contributed by atoms with E-state index in [-0.39, 0.29) is 0 Å². The van der Waals surface area contributed by atoms with Crippen LogP contribution in [-0.2, 0) is 0 Å². The van der Waals surface area contributed by atoms with Gasteiger partial charge in [0.1, 0.15) is 11.4 Å². The normalized spacial score (nSPS) is 11.8. The van der Waals surface area contributed by atoms with E-state index in [9.17, 15) is 0 Å². The highest BCUT2D eigenvalue weighted by Gasteiger charge is 2.19. The van der Waals surface area contributed by atoms with E-state index in [0.29, 0.717) is 0 Å². The number of benzene rings is 1. The largest absolute Gasteiger partial charge is 0.449 e. The number of rotatable bonds is 0. The first-order valence-electron chi connectivity index (χ1n) is 6.78. The zero-order chi connectivity index (χ0) is 17.5. The van der Waals surface area contributed by atoms with Crippen molar-refractivity contribution >= 4 is 22.2 Å². The Kier molecular flexibility index (Phi) is 4.03. The molecule has 0 unspecified atom stereocenters. The second-order valence-corrected chi connectivity index (χ2v) is 5.85. The molecule has 9 nitrogen and oxygen atoms in total. The topological polar surface area (TPSA) is 139 Å². The van der Waals surface area contributed by atoms with E-state index in [1.807, 2.05) is 48.8 Å². The molecule has 0 fully saturated rings. The molecule has 0 radical (unpaired) electrons. The van der Waals surface area contributed by atoms with Crippen LogP contribution in [0.2, 0.25) is 0 Å². The molecule has 24 heavy (non-hydrogen) atoms. The average Bonchev–Trinajstić information content (AvgIpc) is 2.85. The van der Waals surface area contributed by atoms with Crippen LogP contribution in [0.15, 0.2) is 36.5 Å². The summed E-state index contributed by atoms with van der Waals surface area (Å²) in [7, 11) is -4.94. The second-order valence-electron chi connectivity index (χ2n) is 5.10. The van der Waals surface area contributed by atoms with Crippen molar-refractivity contribution in [1.82, 2.24) is 19.7 Å². The quantitative estimate of drug-likeness (QED) is 0.306. The number of aryl methyl sites for hydroxylation is 2. The molecule has 3 aromatic heterocycles. The van der Waals surface area contributed by atoms with Crippen LogP contribution in [0.1, 0.15) is 11.4 Å². The van der Waals surface area contributed by atoms with Gasteiger partial charge in [0, 0.05) is 16.8 Å². The highest BCUT2D eigenvalue weighted by atomic mass is 35.7. The number of hydrogen-bond donors (Lipinski definition) is 0. The van der Waals surface area contributed by atoms with Gasteiger partial charge < -0.3 is 0 Å². The number of nitrogens with zero attached hydrogens (tertiary/aromatic N) is 5. The molecule has 0 saturated carbocycles. The predicted molar refractivity (Wildman–Crippen MR) is 70.9 cm³/mol. The smallest absolute Gasteiger partial charge is 0.222 e. The van der Waals surface area contributed by atoms with E-state index < -0.39 is 10.2 Å². The van der Waals surface area contributed by atoms with E-state index in [1.165, 1.54) is 0 Å². The Bertz CT molecular complexity index is 1040. The lowest BCUT2D eigenvalue weighted by molar-refractivity contribution is -2.00. The van der Waals surface area contributed by atoms with Gasteiger partial charge in [-0.25, -0.2) is 18.6 Å². The van der Waals surface area contributed by atoms with Gasteiger partial charge in [0.2, 0.25) is 0 Å². The monoisotopic (exact) mass is 349 g/mol. The van der Waals surface area contributed by atoms with Crippen molar-refractivity contribution in [2.75, 3.05) is 0 Å². The SMILES string of the molecule is Cc1cc(C)[n+]2nc3c4ccccc4cnn3c2n1.[O-][Cl+3]([O-])([O-])[O-]. The highest BCUT2D eigenvalue weighted by Crippen LogP contribution is 2.17. The molecule has 10 heteroatoms. The number of hydrogen-bond acceptors (Lipinski definition) is 7. The minimum absolute atomic E-state index is 0.748. The molecule has 0 atom stereocenters. The summed E-state index contributed by atoms with van der Waals surface area (Å²) in [6.45, 7) is 4.00. The summed E-state index contributed by atoms with van der Waals surface area (Å²) < 4.78 is 37.6. The Morgan fingerprint density at radius 3 is 2.46 bits per heavy atom. The lowest BCUT2D eigenvalue weighted by atomic mass is 10.2. The minimum Gasteiger partial charge on any atom is -0.222 e. The van der Waals surface area contributed by atoms with E-state index in [0.717, 1.165) is 33.6 Å². The molecule has 0 N–H and O–H groups in total. The van der Waals surface area contributed by atoms with Gasteiger partial charge in [-0.15, -0.1) is 19.9 Å². The molecule has 4 aromatic rings. The van der Waals surface area contributed by atoms with Gasteiger partial charge in [-0.05, 0) is 19.9 Å². The van der Waals surface area contributed by atoms with E-state index in [4.69, 9.17) is 18.6 Å². The van der Waals surface area contributed by atoms with Crippen LogP contribution in [0, 0.1) is 24.1 Å². The van der Waals surface area contributed by atoms with Gasteiger partial charge in [0.05, 0.1) is 6.20 Å². The van der Waals surface area contributed by atoms with Crippen LogP contribution < -0.4 is 23.2 Å². The molecule has 0 aliphatic rings. The Balaban J connectivity index is 0.000000300. The van der Waals surface area contributed by atoms with Crippen LogP contribution in [-0.4, -0.2) is 19.7 Å². The van der Waals surface area contributed by atoms with Crippen molar-refractivity contribution in [3.8, 4) is 0 Å². The fourth-order valence-electron chi connectivity index (χ4n) is 2.46. The third-order valence-corrected chi connectivity index (χ3v) is 3.32. The van der Waals surface area contributed by atoms with Gasteiger partial charge in [0.25, 0.3) is 5.65 Å². The van der Waals surface area contributed by atoms with Crippen LogP contribution in [0.4, 0.5) is 0 Å². The summed E-state index contributed by atoms with van der Waals surface area (Å²) in [6.07, 6.45) is 1.85. The van der Waals surface area contributed by atoms with Gasteiger partial charge in [0.15, 0.2) is 0 Å². The van der Waals surface area contributed by atoms with Crippen molar-refractivity contribution in [1.29, 1.82) is 0 Å². The molecule has 0 aliphatic carbocycles. The van der Waals surface area contributed by atoms with Gasteiger partial charge in [-0.3, -0.25) is 0 Å². The third-order valence-electron chi connectivity index (χ3n) is 3.32. The van der Waals surface area contributed by atoms with Gasteiger partial charge in [-0.1, -0.05) is 32.8 Å². The zero-order valence-corrected chi connectivity index (χ0v) is 13.5. The van der Waals surface area contributed by atoms with E-state index in [1.54, 1.807) is 4.52 Å². The first-order valence-corrected chi connectivity index (χ1v) is 8.02. The maximum atomic E-state index is 8.49. The summed E-state index contributed by atoms with van der Waals surface area (Å²) in [6, 6.07) is 10.1. The molecular weight excluding hydrogens is 338 g/mol. The van der Waals surface area contributed by atoms with Crippen LogP contribution >= 0.6 is 0 Å². The van der Waals surface area contributed by atoms with Gasteiger partial charge in [-0.2, -0.15) is 0 Å². The van der Waals surface area contributed by atoms with E-state index >= 15 is 0 Å². The first-order chi connectivity index (χ1) is 11.2. The summed E-state index contributed by atoms with van der Waals surface area (Å²) in [4.78, 5) is 4.53. The third kappa shape index (κ3) is 3.25. The fraction of sp³-hybridized carbons (Fsp3) is 0.143. The number of fused-ring (bicyclic) bond motifs is 5. The average molecular weight is 350 g/mol. The summed E-state index contributed by atoms with van der Waals surface area (Å²) >= 11 is 0. The molecule has 4 rings (SSSR count). The molecule has 0 bridgehead atoms. The standard InChI is InChI=1S/C14H12N5.ClHO4/c1-9-7-10(2)18-14(16-9)19-13(17-18)12-6-4-3-5-11(12)8-15-19;2-1(3,4)5/h3-8H,1-2H3;(H,2,3,4,5)/q+1;/p-1. The second kappa shape index (κ2) is 5.89. The molecule has 0 spiro atoms. The first kappa shape index (κ1) is 16.4. The molecule has 0 saturated heterocycles. The lowest BCUT2D eigenvalue weighted by Crippen LogP contribution is -2.68. The fourth-order valence-corrected chi connectivity index (χ4v) is 2.46. The van der Waals surface area contributed by atoms with E-state index in [2.05, 4.69) is 21.2 Å². The molecule has 124 valence electrons. The molecule has 0 amide bonds. The number of aromatic nitrogens is 5. The zero-order valence-electron chi connectivity index (χ0n) is 12.7. The molecule has 0 aliphatic heterocycles. The molecule has 3 heterocycles. The Hall–Kier alpha value is -2.43. The Morgan fingerprint density at radius 2 is 1.75 bits per heavy atom. The summed E-state index contributed by atoms with van der Waals surface area (Å²) in [5, 5.41) is 11.3. The van der Waals surface area contributed by atoms with Crippen molar-refractivity contribution in [3.63, 3.8) is 0 Å². The van der Waals surface area contributed by atoms with Crippen molar-refractivity contribution in [2.45, 2.75) is 13.8 Å². The summed E-state index contributed by atoms with van der Waals surface area (Å²) in [5.41, 5.74) is 2.85. The van der Waals surface area contributed by atoms with Crippen molar-refractivity contribution in [2.24, 2.45) is 0 Å². The Labute approximate surface area is 137 Å².